The molecule has 8 rings (SSSR count). The molecule has 0 saturated heterocycles. The molecule has 10 nitrogen and oxygen atoms in total. The first kappa shape index (κ1) is 39.0. The Morgan fingerprint density at radius 3 is 1.56 bits per heavy atom. The summed E-state index contributed by atoms with van der Waals surface area (Å²) in [6.45, 7) is 1.70. The van der Waals surface area contributed by atoms with Crippen LogP contribution >= 0.6 is 0 Å². The number of esters is 1. The zero-order valence-electron chi connectivity index (χ0n) is 33.4. The van der Waals surface area contributed by atoms with Gasteiger partial charge in [-0.1, -0.05) is 78.9 Å². The molecule has 0 radical (unpaired) electrons. The van der Waals surface area contributed by atoms with Crippen molar-refractivity contribution in [1.29, 1.82) is 0 Å². The van der Waals surface area contributed by atoms with Gasteiger partial charge in [0.1, 0.15) is 64.0 Å². The Bertz CT molecular complexity index is 2370. The van der Waals surface area contributed by atoms with Gasteiger partial charge in [-0.3, -0.25) is 0 Å². The smallest absolute Gasteiger partial charge is 0.343 e. The Labute approximate surface area is 343 Å². The van der Waals surface area contributed by atoms with E-state index in [4.69, 9.17) is 28.4 Å². The third-order valence-corrected chi connectivity index (χ3v) is 11.4. The number of fused-ring (bicyclic) bond motifs is 2. The molecule has 3 N–H and O–H groups in total. The van der Waals surface area contributed by atoms with E-state index in [0.717, 1.165) is 22.3 Å². The van der Waals surface area contributed by atoms with Gasteiger partial charge in [0.25, 0.3) is 0 Å². The normalized spacial score (nSPS) is 16.1. The third kappa shape index (κ3) is 7.42. The first-order valence-corrected chi connectivity index (χ1v) is 19.7. The standard InChI is InChI=1S/C49H46O10/c1-28-36(50)25-43(59-49(53)31-18-12-7-13-19-31)34(46(28)56-4)24-35(44-37(51)26-41(54-2)32-20-22-39(57-47(32)44)29-14-8-5-9-15-29)45-38(52)27-42(55-3)33-21-23-40(58-48(33)45)30-16-10-6-11-17-30/h5-19,25-27,35,39-40,50-52H,20-24H2,1-4H3. The van der Waals surface area contributed by atoms with Crippen molar-refractivity contribution in [3.63, 3.8) is 0 Å². The number of rotatable bonds is 11. The number of carbonyl (C=O) groups excluding carboxylic acids is 1. The molecule has 2 atom stereocenters. The molecule has 0 amide bonds. The minimum Gasteiger partial charge on any atom is -0.507 e. The van der Waals surface area contributed by atoms with Crippen molar-refractivity contribution in [3.8, 4) is 51.7 Å². The van der Waals surface area contributed by atoms with Gasteiger partial charge in [0.2, 0.25) is 0 Å². The van der Waals surface area contributed by atoms with E-state index < -0.39 is 11.9 Å². The summed E-state index contributed by atoms with van der Waals surface area (Å²) in [6, 6.07) is 32.8. The predicted molar refractivity (Wildman–Crippen MR) is 222 cm³/mol. The Hall–Kier alpha value is -6.81. The van der Waals surface area contributed by atoms with Crippen LogP contribution in [0.3, 0.4) is 0 Å². The summed E-state index contributed by atoms with van der Waals surface area (Å²) >= 11 is 0. The first-order valence-electron chi connectivity index (χ1n) is 19.7. The Kier molecular flexibility index (Phi) is 11.0. The quantitative estimate of drug-likeness (QED) is 0.0860. The highest BCUT2D eigenvalue weighted by atomic mass is 16.5. The van der Waals surface area contributed by atoms with E-state index in [2.05, 4.69) is 0 Å². The maximum absolute atomic E-state index is 13.7. The molecule has 0 spiro atoms. The van der Waals surface area contributed by atoms with Gasteiger partial charge in [-0.2, -0.15) is 0 Å². The highest BCUT2D eigenvalue weighted by molar-refractivity contribution is 5.91. The van der Waals surface area contributed by atoms with Crippen molar-refractivity contribution in [1.82, 2.24) is 0 Å². The van der Waals surface area contributed by atoms with Crippen LogP contribution in [0.2, 0.25) is 0 Å². The maximum Gasteiger partial charge on any atom is 0.343 e. The molecule has 302 valence electrons. The van der Waals surface area contributed by atoms with Gasteiger partial charge in [-0.25, -0.2) is 4.79 Å². The van der Waals surface area contributed by atoms with Gasteiger partial charge in [-0.05, 0) is 62.3 Å². The second-order valence-electron chi connectivity index (χ2n) is 14.8. The van der Waals surface area contributed by atoms with Crippen molar-refractivity contribution < 1.29 is 48.5 Å². The maximum atomic E-state index is 13.7. The average molecular weight is 795 g/mol. The van der Waals surface area contributed by atoms with Crippen molar-refractivity contribution in [2.75, 3.05) is 21.3 Å². The van der Waals surface area contributed by atoms with Gasteiger partial charge in [0.15, 0.2) is 0 Å². The highest BCUT2D eigenvalue weighted by Gasteiger charge is 2.39. The lowest BCUT2D eigenvalue weighted by molar-refractivity contribution is 0.0732. The van der Waals surface area contributed by atoms with Crippen LogP contribution in [0.15, 0.2) is 109 Å². The fourth-order valence-electron chi connectivity index (χ4n) is 8.52. The molecule has 6 aromatic carbocycles. The van der Waals surface area contributed by atoms with E-state index in [1.807, 2.05) is 60.7 Å². The van der Waals surface area contributed by atoms with Crippen molar-refractivity contribution in [2.24, 2.45) is 0 Å². The van der Waals surface area contributed by atoms with Gasteiger partial charge in [0, 0.05) is 57.5 Å². The topological polar surface area (TPSA) is 133 Å². The summed E-state index contributed by atoms with van der Waals surface area (Å²) in [7, 11) is 4.58. The molecular formula is C49H46O10. The lowest BCUT2D eigenvalue weighted by Gasteiger charge is -2.35. The first-order chi connectivity index (χ1) is 28.7. The number of phenols is 3. The summed E-state index contributed by atoms with van der Waals surface area (Å²) in [5.74, 6) is 0.0255. The van der Waals surface area contributed by atoms with Gasteiger partial charge < -0.3 is 43.7 Å². The molecular weight excluding hydrogens is 749 g/mol. The summed E-state index contributed by atoms with van der Waals surface area (Å²) in [5.41, 5.74) is 5.28. The van der Waals surface area contributed by atoms with Crippen LogP contribution in [0, 0.1) is 6.92 Å². The van der Waals surface area contributed by atoms with Crippen LogP contribution in [-0.2, 0) is 19.3 Å². The van der Waals surface area contributed by atoms with Crippen LogP contribution < -0.4 is 28.4 Å². The van der Waals surface area contributed by atoms with E-state index >= 15 is 0 Å². The molecule has 0 bridgehead atoms. The predicted octanol–water partition coefficient (Wildman–Crippen LogP) is 9.86. The lowest BCUT2D eigenvalue weighted by atomic mass is 9.79. The number of benzene rings is 6. The molecule has 2 aliphatic rings. The summed E-state index contributed by atoms with van der Waals surface area (Å²) in [4.78, 5) is 13.7. The summed E-state index contributed by atoms with van der Waals surface area (Å²) < 4.78 is 37.6. The highest BCUT2D eigenvalue weighted by Crippen LogP contribution is 2.57. The number of phenolic OH excluding ortho intramolecular Hbond substituents is 3. The van der Waals surface area contributed by atoms with Crippen LogP contribution in [0.1, 0.15) is 85.8 Å². The number of hydrogen-bond acceptors (Lipinski definition) is 10. The van der Waals surface area contributed by atoms with E-state index in [9.17, 15) is 20.1 Å². The Morgan fingerprint density at radius 2 is 1.10 bits per heavy atom. The summed E-state index contributed by atoms with van der Waals surface area (Å²) in [5, 5.41) is 35.8. The van der Waals surface area contributed by atoms with E-state index in [-0.39, 0.29) is 47.4 Å². The van der Waals surface area contributed by atoms with E-state index in [1.54, 1.807) is 63.6 Å². The van der Waals surface area contributed by atoms with Gasteiger partial charge in [-0.15, -0.1) is 0 Å². The number of ether oxygens (including phenoxy) is 6. The molecule has 59 heavy (non-hydrogen) atoms. The minimum absolute atomic E-state index is 0.0287. The second kappa shape index (κ2) is 16.6. The zero-order valence-corrected chi connectivity index (χ0v) is 33.4. The lowest BCUT2D eigenvalue weighted by Crippen LogP contribution is -2.22. The number of carbonyl (C=O) groups is 1. The van der Waals surface area contributed by atoms with E-state index in [1.165, 1.54) is 13.2 Å². The fourth-order valence-corrected chi connectivity index (χ4v) is 8.52. The van der Waals surface area contributed by atoms with Crippen molar-refractivity contribution in [3.05, 3.63) is 159 Å². The third-order valence-electron chi connectivity index (χ3n) is 11.4. The second-order valence-corrected chi connectivity index (χ2v) is 14.8. The Morgan fingerprint density at radius 1 is 0.644 bits per heavy atom. The molecule has 6 aromatic rings. The van der Waals surface area contributed by atoms with Crippen LogP contribution in [-0.4, -0.2) is 42.6 Å². The molecule has 0 aliphatic carbocycles. The Balaban J connectivity index is 1.39. The molecule has 2 aliphatic heterocycles. The van der Waals surface area contributed by atoms with Crippen molar-refractivity contribution >= 4 is 5.97 Å². The number of methoxy groups -OCH3 is 3. The fraction of sp³-hybridized carbons (Fsp3) is 0.245. The molecule has 10 heteroatoms. The molecule has 2 heterocycles. The average Bonchev–Trinajstić information content (AvgIpc) is 3.27. The van der Waals surface area contributed by atoms with Gasteiger partial charge >= 0.3 is 5.97 Å². The monoisotopic (exact) mass is 794 g/mol. The molecule has 2 unspecified atom stereocenters. The molecule has 0 aromatic heterocycles. The molecule has 0 saturated carbocycles. The van der Waals surface area contributed by atoms with Crippen LogP contribution in [0.5, 0.6) is 51.7 Å². The number of aromatic hydroxyl groups is 3. The summed E-state index contributed by atoms with van der Waals surface area (Å²) in [6.07, 6.45) is 1.69. The SMILES string of the molecule is COc1cc(O)c(C(Cc2c(OC(=O)c3ccccc3)cc(O)c(C)c2OC)c2c(O)cc(OC)c3c2OC(c2ccccc2)CC3)c2c1CCC(c1ccccc1)O2. The van der Waals surface area contributed by atoms with Crippen molar-refractivity contribution in [2.45, 2.75) is 57.2 Å². The van der Waals surface area contributed by atoms with Gasteiger partial charge in [0.05, 0.1) is 26.9 Å². The zero-order chi connectivity index (χ0) is 41.2. The van der Waals surface area contributed by atoms with Crippen LogP contribution in [0.25, 0.3) is 0 Å². The minimum atomic E-state index is -0.939. The van der Waals surface area contributed by atoms with Crippen LogP contribution in [0.4, 0.5) is 0 Å². The number of hydrogen-bond donors (Lipinski definition) is 3. The largest absolute Gasteiger partial charge is 0.507 e. The molecule has 0 fully saturated rings. The van der Waals surface area contributed by atoms with E-state index in [0.29, 0.717) is 76.5 Å².